The smallest absolute Gasteiger partial charge is 0.0344 e. The SMILES string of the molecule is C=C=CCC#CC. The predicted octanol–water partition coefficient (Wildman–Crippen LogP) is 1.74. The van der Waals surface area contributed by atoms with E-state index in [1.54, 1.807) is 6.08 Å². The molecule has 0 heteroatoms. The van der Waals surface area contributed by atoms with Gasteiger partial charge in [0, 0.05) is 6.42 Å². The van der Waals surface area contributed by atoms with E-state index in [4.69, 9.17) is 0 Å². The molecule has 0 N–H and O–H groups in total. The van der Waals surface area contributed by atoms with Gasteiger partial charge in [0.2, 0.25) is 0 Å². The molecule has 0 amide bonds. The van der Waals surface area contributed by atoms with Gasteiger partial charge < -0.3 is 0 Å². The summed E-state index contributed by atoms with van der Waals surface area (Å²) in [6.45, 7) is 5.20. The summed E-state index contributed by atoms with van der Waals surface area (Å²) in [5, 5.41) is 0. The molecule has 0 radical (unpaired) electrons. The van der Waals surface area contributed by atoms with Crippen molar-refractivity contribution in [3.05, 3.63) is 18.4 Å². The Morgan fingerprint density at radius 3 is 2.86 bits per heavy atom. The Kier molecular flexibility index (Phi) is 4.41. The minimum absolute atomic E-state index is 0.778. The molecule has 0 saturated carbocycles. The van der Waals surface area contributed by atoms with Crippen LogP contribution in [0.2, 0.25) is 0 Å². The topological polar surface area (TPSA) is 0 Å². The van der Waals surface area contributed by atoms with Crippen LogP contribution < -0.4 is 0 Å². The van der Waals surface area contributed by atoms with Gasteiger partial charge in [0.05, 0.1) is 0 Å². The molecule has 0 aliphatic rings. The standard InChI is InChI=1S/C7H8/c1-3-5-7-6-4-2/h5H,1,7H2,2H3. The number of allylic oxidation sites excluding steroid dienone is 1. The second kappa shape index (κ2) is 5.08. The van der Waals surface area contributed by atoms with Crippen molar-refractivity contribution in [2.24, 2.45) is 0 Å². The van der Waals surface area contributed by atoms with E-state index in [1.807, 2.05) is 6.92 Å². The molecular formula is C7H8. The fourth-order valence-corrected chi connectivity index (χ4v) is 0.225. The third kappa shape index (κ3) is 5.08. The molecule has 0 saturated heterocycles. The molecule has 0 aliphatic heterocycles. The van der Waals surface area contributed by atoms with E-state index in [2.05, 4.69) is 24.2 Å². The van der Waals surface area contributed by atoms with Crippen LogP contribution in [0.5, 0.6) is 0 Å². The van der Waals surface area contributed by atoms with E-state index in [0.29, 0.717) is 0 Å². The molecule has 0 aromatic heterocycles. The van der Waals surface area contributed by atoms with E-state index in [9.17, 15) is 0 Å². The Labute approximate surface area is 44.5 Å². The first-order valence-corrected chi connectivity index (χ1v) is 2.15. The Hall–Kier alpha value is -0.920. The minimum Gasteiger partial charge on any atom is -0.132 e. The Bertz CT molecular complexity index is 126. The molecule has 0 rings (SSSR count). The Morgan fingerprint density at radius 1 is 1.71 bits per heavy atom. The van der Waals surface area contributed by atoms with Gasteiger partial charge in [0.15, 0.2) is 0 Å². The summed E-state index contributed by atoms with van der Waals surface area (Å²) in [4.78, 5) is 0. The number of rotatable bonds is 1. The molecule has 0 aliphatic carbocycles. The maximum atomic E-state index is 3.38. The van der Waals surface area contributed by atoms with Crippen molar-refractivity contribution in [3.63, 3.8) is 0 Å². The Morgan fingerprint density at radius 2 is 2.43 bits per heavy atom. The van der Waals surface area contributed by atoms with Crippen LogP contribution in [-0.2, 0) is 0 Å². The molecule has 0 fully saturated rings. The van der Waals surface area contributed by atoms with Gasteiger partial charge in [-0.25, -0.2) is 0 Å². The molecule has 0 aromatic rings. The molecule has 36 valence electrons. The fourth-order valence-electron chi connectivity index (χ4n) is 0.225. The highest BCUT2D eigenvalue weighted by Crippen LogP contribution is 1.72. The van der Waals surface area contributed by atoms with E-state index in [-0.39, 0.29) is 0 Å². The summed E-state index contributed by atoms with van der Waals surface area (Å²) in [5.41, 5.74) is 2.62. The van der Waals surface area contributed by atoms with Gasteiger partial charge in [-0.05, 0) is 13.0 Å². The van der Waals surface area contributed by atoms with E-state index >= 15 is 0 Å². The Balaban J connectivity index is 3.27. The lowest BCUT2D eigenvalue weighted by Gasteiger charge is -1.64. The van der Waals surface area contributed by atoms with Gasteiger partial charge in [-0.1, -0.05) is 12.5 Å². The molecule has 0 nitrogen and oxygen atoms in total. The summed E-state index contributed by atoms with van der Waals surface area (Å²) in [5.74, 6) is 5.59. The van der Waals surface area contributed by atoms with Crippen molar-refractivity contribution in [1.29, 1.82) is 0 Å². The molecule has 0 bridgehead atoms. The molecule has 0 unspecified atom stereocenters. The van der Waals surface area contributed by atoms with E-state index in [1.165, 1.54) is 0 Å². The van der Waals surface area contributed by atoms with Crippen LogP contribution in [0.4, 0.5) is 0 Å². The lowest BCUT2D eigenvalue weighted by molar-refractivity contribution is 1.48. The van der Waals surface area contributed by atoms with Crippen molar-refractivity contribution in [1.82, 2.24) is 0 Å². The molecule has 0 aromatic carbocycles. The van der Waals surface area contributed by atoms with Crippen molar-refractivity contribution >= 4 is 0 Å². The van der Waals surface area contributed by atoms with Crippen molar-refractivity contribution in [2.45, 2.75) is 13.3 Å². The lowest BCUT2D eigenvalue weighted by atomic mass is 10.4. The fraction of sp³-hybridized carbons (Fsp3) is 0.286. The van der Waals surface area contributed by atoms with Crippen LogP contribution in [0.1, 0.15) is 13.3 Å². The highest BCUT2D eigenvalue weighted by molar-refractivity contribution is 5.00. The normalized spacial score (nSPS) is 5.29. The van der Waals surface area contributed by atoms with Crippen LogP contribution in [-0.4, -0.2) is 0 Å². The van der Waals surface area contributed by atoms with Gasteiger partial charge in [-0.2, -0.15) is 0 Å². The van der Waals surface area contributed by atoms with E-state index < -0.39 is 0 Å². The van der Waals surface area contributed by atoms with E-state index in [0.717, 1.165) is 6.42 Å². The maximum Gasteiger partial charge on any atom is 0.0344 e. The zero-order valence-corrected chi connectivity index (χ0v) is 4.49. The third-order valence-corrected chi connectivity index (χ3v) is 0.525. The summed E-state index contributed by atoms with van der Waals surface area (Å²) in [6.07, 6.45) is 2.58. The molecular weight excluding hydrogens is 84.1 g/mol. The molecule has 0 heterocycles. The van der Waals surface area contributed by atoms with Crippen molar-refractivity contribution in [3.8, 4) is 11.8 Å². The summed E-state index contributed by atoms with van der Waals surface area (Å²) in [6, 6.07) is 0. The summed E-state index contributed by atoms with van der Waals surface area (Å²) < 4.78 is 0. The molecule has 0 atom stereocenters. The lowest BCUT2D eigenvalue weighted by Crippen LogP contribution is -1.51. The zero-order chi connectivity index (χ0) is 5.54. The van der Waals surface area contributed by atoms with Crippen molar-refractivity contribution < 1.29 is 0 Å². The predicted molar refractivity (Wildman–Crippen MR) is 31.8 cm³/mol. The second-order valence-corrected chi connectivity index (χ2v) is 1.04. The summed E-state index contributed by atoms with van der Waals surface area (Å²) in [7, 11) is 0. The third-order valence-electron chi connectivity index (χ3n) is 0.525. The van der Waals surface area contributed by atoms with Gasteiger partial charge in [-0.3, -0.25) is 0 Å². The van der Waals surface area contributed by atoms with Crippen LogP contribution >= 0.6 is 0 Å². The van der Waals surface area contributed by atoms with Gasteiger partial charge in [0.1, 0.15) is 0 Å². The quantitative estimate of drug-likeness (QED) is 0.341. The second-order valence-electron chi connectivity index (χ2n) is 1.04. The monoisotopic (exact) mass is 92.1 g/mol. The molecule has 7 heavy (non-hydrogen) atoms. The van der Waals surface area contributed by atoms with Crippen LogP contribution in [0.3, 0.4) is 0 Å². The zero-order valence-electron chi connectivity index (χ0n) is 4.49. The first kappa shape index (κ1) is 6.08. The minimum atomic E-state index is 0.778. The molecule has 0 spiro atoms. The van der Waals surface area contributed by atoms with Crippen LogP contribution in [0.25, 0.3) is 0 Å². The van der Waals surface area contributed by atoms with Crippen LogP contribution in [0, 0.1) is 11.8 Å². The first-order valence-electron chi connectivity index (χ1n) is 2.15. The highest BCUT2D eigenvalue weighted by Gasteiger charge is 1.58. The average molecular weight is 92.1 g/mol. The summed E-state index contributed by atoms with van der Waals surface area (Å²) >= 11 is 0. The van der Waals surface area contributed by atoms with Gasteiger partial charge in [-0.15, -0.1) is 11.7 Å². The highest BCUT2D eigenvalue weighted by atomic mass is 13.6. The van der Waals surface area contributed by atoms with Crippen LogP contribution in [0.15, 0.2) is 18.4 Å². The first-order chi connectivity index (χ1) is 3.41. The average Bonchev–Trinajstić information content (AvgIpc) is 1.69. The number of hydrogen-bond acceptors (Lipinski definition) is 0. The van der Waals surface area contributed by atoms with Gasteiger partial charge in [0.25, 0.3) is 0 Å². The largest absolute Gasteiger partial charge is 0.132 e. The van der Waals surface area contributed by atoms with Gasteiger partial charge >= 0.3 is 0 Å². The maximum absolute atomic E-state index is 3.38. The number of hydrogen-bond donors (Lipinski definition) is 0. The van der Waals surface area contributed by atoms with Crippen molar-refractivity contribution in [2.75, 3.05) is 0 Å².